The van der Waals surface area contributed by atoms with Gasteiger partial charge in [0.05, 0.1) is 6.54 Å². The molecule has 6 heteroatoms. The van der Waals surface area contributed by atoms with Crippen LogP contribution in [0.2, 0.25) is 0 Å². The molecule has 0 atom stereocenters. The molecule has 0 spiro atoms. The monoisotopic (exact) mass is 404 g/mol. The lowest BCUT2D eigenvalue weighted by Gasteiger charge is -2.30. The van der Waals surface area contributed by atoms with Gasteiger partial charge in [-0.05, 0) is 49.5 Å². The Labute approximate surface area is 177 Å². The van der Waals surface area contributed by atoms with Crippen LogP contribution in [0.4, 0.5) is 5.69 Å². The lowest BCUT2D eigenvalue weighted by atomic mass is 9.95. The minimum Gasteiger partial charge on any atom is -0.338 e. The number of rotatable bonds is 6. The predicted octanol–water partition coefficient (Wildman–Crippen LogP) is 4.71. The van der Waals surface area contributed by atoms with Gasteiger partial charge in [0.25, 0.3) is 0 Å². The Morgan fingerprint density at radius 3 is 2.47 bits per heavy atom. The van der Waals surface area contributed by atoms with Crippen molar-refractivity contribution >= 4 is 11.6 Å². The number of anilines is 1. The van der Waals surface area contributed by atoms with Crippen LogP contribution < -0.4 is 5.32 Å². The Morgan fingerprint density at radius 1 is 1.10 bits per heavy atom. The zero-order valence-electron chi connectivity index (χ0n) is 17.5. The highest BCUT2D eigenvalue weighted by atomic mass is 16.5. The molecule has 1 aliphatic rings. The SMILES string of the molecule is CC(C)c1ccc(NC(=O)C2CCN(Cc3nc(-c4ccccc4)no3)CC2)cc1. The molecule has 2 heterocycles. The van der Waals surface area contributed by atoms with E-state index in [1.54, 1.807) is 0 Å². The van der Waals surface area contributed by atoms with E-state index in [4.69, 9.17) is 4.52 Å². The number of aromatic nitrogens is 2. The molecule has 0 aliphatic carbocycles. The first-order chi connectivity index (χ1) is 14.6. The normalized spacial score (nSPS) is 15.4. The summed E-state index contributed by atoms with van der Waals surface area (Å²) in [5.41, 5.74) is 3.09. The average Bonchev–Trinajstić information content (AvgIpc) is 3.24. The maximum atomic E-state index is 12.6. The number of amides is 1. The summed E-state index contributed by atoms with van der Waals surface area (Å²) in [6.45, 7) is 6.63. The quantitative estimate of drug-likeness (QED) is 0.644. The molecule has 0 radical (unpaired) electrons. The second-order valence-corrected chi connectivity index (χ2v) is 8.19. The summed E-state index contributed by atoms with van der Waals surface area (Å²) < 4.78 is 5.42. The highest BCUT2D eigenvalue weighted by Gasteiger charge is 2.26. The smallest absolute Gasteiger partial charge is 0.241 e. The molecule has 3 aromatic rings. The van der Waals surface area contributed by atoms with Gasteiger partial charge in [-0.25, -0.2) is 0 Å². The van der Waals surface area contributed by atoms with Gasteiger partial charge in [0.15, 0.2) is 0 Å². The molecule has 1 saturated heterocycles. The van der Waals surface area contributed by atoms with Gasteiger partial charge in [-0.3, -0.25) is 9.69 Å². The van der Waals surface area contributed by atoms with Crippen LogP contribution in [-0.4, -0.2) is 34.0 Å². The molecule has 6 nitrogen and oxygen atoms in total. The van der Waals surface area contributed by atoms with Crippen molar-refractivity contribution < 1.29 is 9.32 Å². The lowest BCUT2D eigenvalue weighted by molar-refractivity contribution is -0.121. The van der Waals surface area contributed by atoms with Crippen molar-refractivity contribution in [2.75, 3.05) is 18.4 Å². The number of carbonyl (C=O) groups is 1. The van der Waals surface area contributed by atoms with Gasteiger partial charge >= 0.3 is 0 Å². The first-order valence-corrected chi connectivity index (χ1v) is 10.6. The molecular formula is C24H28N4O2. The van der Waals surface area contributed by atoms with Crippen LogP contribution in [0.25, 0.3) is 11.4 Å². The molecule has 1 aromatic heterocycles. The summed E-state index contributed by atoms with van der Waals surface area (Å²) in [4.78, 5) is 19.4. The van der Waals surface area contributed by atoms with Crippen molar-refractivity contribution in [1.82, 2.24) is 15.0 Å². The largest absolute Gasteiger partial charge is 0.338 e. The van der Waals surface area contributed by atoms with E-state index in [1.807, 2.05) is 42.5 Å². The van der Waals surface area contributed by atoms with Crippen molar-refractivity contribution in [3.05, 3.63) is 66.1 Å². The summed E-state index contributed by atoms with van der Waals surface area (Å²) in [6.07, 6.45) is 1.66. The molecule has 30 heavy (non-hydrogen) atoms. The number of benzene rings is 2. The van der Waals surface area contributed by atoms with Gasteiger partial charge in [-0.1, -0.05) is 61.5 Å². The molecule has 1 fully saturated rings. The zero-order valence-corrected chi connectivity index (χ0v) is 17.5. The number of nitrogens with one attached hydrogen (secondary N) is 1. The number of hydrogen-bond donors (Lipinski definition) is 1. The second-order valence-electron chi connectivity index (χ2n) is 8.19. The summed E-state index contributed by atoms with van der Waals surface area (Å²) in [6, 6.07) is 18.0. The van der Waals surface area contributed by atoms with Crippen LogP contribution in [0, 0.1) is 5.92 Å². The van der Waals surface area contributed by atoms with E-state index in [0.717, 1.165) is 37.2 Å². The topological polar surface area (TPSA) is 71.3 Å². The van der Waals surface area contributed by atoms with E-state index in [-0.39, 0.29) is 11.8 Å². The van der Waals surface area contributed by atoms with E-state index in [9.17, 15) is 4.79 Å². The molecule has 1 N–H and O–H groups in total. The van der Waals surface area contributed by atoms with Crippen molar-refractivity contribution in [3.63, 3.8) is 0 Å². The fourth-order valence-corrected chi connectivity index (χ4v) is 3.76. The van der Waals surface area contributed by atoms with Crippen molar-refractivity contribution in [2.45, 2.75) is 39.2 Å². The highest BCUT2D eigenvalue weighted by Crippen LogP contribution is 2.23. The van der Waals surface area contributed by atoms with Crippen molar-refractivity contribution in [3.8, 4) is 11.4 Å². The standard InChI is InChI=1S/C24H28N4O2/c1-17(2)18-8-10-21(11-9-18)25-24(29)20-12-14-28(15-13-20)16-22-26-23(27-30-22)19-6-4-3-5-7-19/h3-11,17,20H,12-16H2,1-2H3,(H,25,29). The number of hydrogen-bond acceptors (Lipinski definition) is 5. The van der Waals surface area contributed by atoms with E-state index in [0.29, 0.717) is 24.2 Å². The third-order valence-electron chi connectivity index (χ3n) is 5.66. The molecule has 156 valence electrons. The van der Waals surface area contributed by atoms with Crippen molar-refractivity contribution in [1.29, 1.82) is 0 Å². The third kappa shape index (κ3) is 4.94. The molecule has 1 aliphatic heterocycles. The molecule has 0 unspecified atom stereocenters. The van der Waals surface area contributed by atoms with Gasteiger partial charge in [0.2, 0.25) is 17.6 Å². The van der Waals surface area contributed by atoms with Gasteiger partial charge < -0.3 is 9.84 Å². The van der Waals surface area contributed by atoms with Crippen LogP contribution in [0.5, 0.6) is 0 Å². The molecule has 0 bridgehead atoms. The van der Waals surface area contributed by atoms with E-state index in [1.165, 1.54) is 5.56 Å². The highest BCUT2D eigenvalue weighted by molar-refractivity contribution is 5.92. The van der Waals surface area contributed by atoms with Crippen molar-refractivity contribution in [2.24, 2.45) is 5.92 Å². The summed E-state index contributed by atoms with van der Waals surface area (Å²) >= 11 is 0. The van der Waals surface area contributed by atoms with E-state index in [2.05, 4.69) is 46.3 Å². The number of piperidine rings is 1. The minimum absolute atomic E-state index is 0.0357. The molecule has 2 aromatic carbocycles. The fourth-order valence-electron chi connectivity index (χ4n) is 3.76. The van der Waals surface area contributed by atoms with Crippen LogP contribution in [0.15, 0.2) is 59.1 Å². The predicted molar refractivity (Wildman–Crippen MR) is 117 cm³/mol. The Hall–Kier alpha value is -2.99. The Morgan fingerprint density at radius 2 is 1.80 bits per heavy atom. The zero-order chi connectivity index (χ0) is 20.9. The van der Waals surface area contributed by atoms with Crippen LogP contribution in [-0.2, 0) is 11.3 Å². The maximum absolute atomic E-state index is 12.6. The number of likely N-dealkylation sites (tertiary alicyclic amines) is 1. The number of carbonyl (C=O) groups excluding carboxylic acids is 1. The lowest BCUT2D eigenvalue weighted by Crippen LogP contribution is -2.37. The third-order valence-corrected chi connectivity index (χ3v) is 5.66. The number of nitrogens with zero attached hydrogens (tertiary/aromatic N) is 3. The van der Waals surface area contributed by atoms with Gasteiger partial charge in [0, 0.05) is 17.2 Å². The van der Waals surface area contributed by atoms with Crippen LogP contribution in [0.3, 0.4) is 0 Å². The Bertz CT molecular complexity index is 958. The molecular weight excluding hydrogens is 376 g/mol. The van der Waals surface area contributed by atoms with Gasteiger partial charge in [0.1, 0.15) is 0 Å². The van der Waals surface area contributed by atoms with Crippen LogP contribution in [0.1, 0.15) is 44.1 Å². The second kappa shape index (κ2) is 9.22. The first-order valence-electron chi connectivity index (χ1n) is 10.6. The molecule has 1 amide bonds. The van der Waals surface area contributed by atoms with E-state index < -0.39 is 0 Å². The fraction of sp³-hybridized carbons (Fsp3) is 0.375. The summed E-state index contributed by atoms with van der Waals surface area (Å²) in [5.74, 6) is 1.86. The Balaban J connectivity index is 1.26. The maximum Gasteiger partial charge on any atom is 0.241 e. The molecule has 4 rings (SSSR count). The molecule has 0 saturated carbocycles. The van der Waals surface area contributed by atoms with Gasteiger partial charge in [-0.15, -0.1) is 0 Å². The summed E-state index contributed by atoms with van der Waals surface area (Å²) in [7, 11) is 0. The van der Waals surface area contributed by atoms with Gasteiger partial charge in [-0.2, -0.15) is 4.98 Å². The first kappa shape index (κ1) is 20.3. The Kier molecular flexibility index (Phi) is 6.23. The summed E-state index contributed by atoms with van der Waals surface area (Å²) in [5, 5.41) is 7.15. The van der Waals surface area contributed by atoms with Crippen LogP contribution >= 0.6 is 0 Å². The minimum atomic E-state index is 0.0357. The van der Waals surface area contributed by atoms with E-state index >= 15 is 0 Å². The average molecular weight is 405 g/mol.